The normalized spacial score (nSPS) is 10.4. The number of nitrogens with one attached hydrogen (secondary N) is 1. The topological polar surface area (TPSA) is 65.1 Å². The number of hydrogen-bond donors (Lipinski definition) is 2. The smallest absolute Gasteiger partial charge is 0.213 e. The van der Waals surface area contributed by atoms with Crippen molar-refractivity contribution < 1.29 is 4.74 Å². The molecule has 96 valence electrons. The van der Waals surface area contributed by atoms with Gasteiger partial charge in [-0.3, -0.25) is 0 Å². The van der Waals surface area contributed by atoms with Crippen molar-refractivity contribution in [1.29, 1.82) is 0 Å². The van der Waals surface area contributed by atoms with Crippen LogP contribution in [0.4, 0.5) is 17.2 Å². The van der Waals surface area contributed by atoms with Gasteiger partial charge in [0.25, 0.3) is 0 Å². The molecule has 1 aromatic carbocycles. The van der Waals surface area contributed by atoms with Gasteiger partial charge < -0.3 is 15.8 Å². The van der Waals surface area contributed by atoms with E-state index in [2.05, 4.69) is 26.3 Å². The summed E-state index contributed by atoms with van der Waals surface area (Å²) in [6.07, 6.45) is 0. The molecule has 0 spiro atoms. The van der Waals surface area contributed by atoms with E-state index in [9.17, 15) is 0 Å². The molecule has 0 saturated carbocycles. The highest BCUT2D eigenvalue weighted by Gasteiger charge is 2.08. The minimum Gasteiger partial charge on any atom is -0.481 e. The molecule has 0 fully saturated rings. The standard InChI is InChI=1S/C12H15BrN4O/c1-7-4-10(8(13)5-9(7)14)15-11-6-12(18-3)17(2)16-11/h4-6H,14H2,1-3H3,(H,15,16). The summed E-state index contributed by atoms with van der Waals surface area (Å²) in [5.74, 6) is 1.42. The zero-order valence-electron chi connectivity index (χ0n) is 10.5. The molecule has 0 atom stereocenters. The summed E-state index contributed by atoms with van der Waals surface area (Å²) in [6.45, 7) is 1.96. The van der Waals surface area contributed by atoms with Crippen LogP contribution in [0, 0.1) is 6.92 Å². The summed E-state index contributed by atoms with van der Waals surface area (Å²) >= 11 is 3.47. The summed E-state index contributed by atoms with van der Waals surface area (Å²) in [5, 5.41) is 7.52. The van der Waals surface area contributed by atoms with Crippen LogP contribution < -0.4 is 15.8 Å². The number of aryl methyl sites for hydroxylation is 2. The molecular formula is C12H15BrN4O. The number of ether oxygens (including phenoxy) is 1. The third kappa shape index (κ3) is 2.43. The lowest BCUT2D eigenvalue weighted by molar-refractivity contribution is 0.373. The minimum atomic E-state index is 0.695. The number of benzene rings is 1. The zero-order valence-corrected chi connectivity index (χ0v) is 12.1. The van der Waals surface area contributed by atoms with E-state index in [4.69, 9.17) is 10.5 Å². The van der Waals surface area contributed by atoms with Crippen LogP contribution >= 0.6 is 15.9 Å². The van der Waals surface area contributed by atoms with Crippen LogP contribution in [-0.2, 0) is 7.05 Å². The predicted octanol–water partition coefficient (Wildman–Crippen LogP) is 2.83. The summed E-state index contributed by atoms with van der Waals surface area (Å²) < 4.78 is 7.73. The lowest BCUT2D eigenvalue weighted by Gasteiger charge is -2.09. The monoisotopic (exact) mass is 310 g/mol. The van der Waals surface area contributed by atoms with Gasteiger partial charge in [0, 0.05) is 23.3 Å². The number of nitrogen functional groups attached to an aromatic ring is 1. The molecule has 0 aliphatic rings. The fourth-order valence-electron chi connectivity index (χ4n) is 1.63. The zero-order chi connectivity index (χ0) is 13.3. The van der Waals surface area contributed by atoms with Gasteiger partial charge in [0.05, 0.1) is 12.8 Å². The second kappa shape index (κ2) is 4.89. The first-order valence-electron chi connectivity index (χ1n) is 5.42. The van der Waals surface area contributed by atoms with Crippen molar-refractivity contribution >= 4 is 33.1 Å². The fourth-order valence-corrected chi connectivity index (χ4v) is 2.09. The van der Waals surface area contributed by atoms with Crippen LogP contribution in [0.3, 0.4) is 0 Å². The van der Waals surface area contributed by atoms with Crippen molar-refractivity contribution in [3.8, 4) is 5.88 Å². The average molecular weight is 311 g/mol. The fraction of sp³-hybridized carbons (Fsp3) is 0.250. The number of methoxy groups -OCH3 is 1. The van der Waals surface area contributed by atoms with Crippen molar-refractivity contribution in [2.24, 2.45) is 7.05 Å². The summed E-state index contributed by atoms with van der Waals surface area (Å²) in [5.41, 5.74) is 8.53. The van der Waals surface area contributed by atoms with E-state index in [0.717, 1.165) is 27.2 Å². The van der Waals surface area contributed by atoms with Crippen LogP contribution in [0.25, 0.3) is 0 Å². The molecule has 2 rings (SSSR count). The first kappa shape index (κ1) is 12.8. The molecule has 1 aromatic heterocycles. The molecule has 18 heavy (non-hydrogen) atoms. The molecular weight excluding hydrogens is 296 g/mol. The lowest BCUT2D eigenvalue weighted by atomic mass is 10.2. The number of nitrogens with zero attached hydrogens (tertiary/aromatic N) is 2. The maximum Gasteiger partial charge on any atom is 0.213 e. The highest BCUT2D eigenvalue weighted by molar-refractivity contribution is 9.10. The third-order valence-corrected chi connectivity index (χ3v) is 3.32. The Morgan fingerprint density at radius 2 is 2.11 bits per heavy atom. The molecule has 5 nitrogen and oxygen atoms in total. The van der Waals surface area contributed by atoms with Crippen LogP contribution in [0.15, 0.2) is 22.7 Å². The third-order valence-electron chi connectivity index (χ3n) is 2.66. The SMILES string of the molecule is COc1cc(Nc2cc(C)c(N)cc2Br)nn1C. The molecule has 3 N–H and O–H groups in total. The van der Waals surface area contributed by atoms with Crippen molar-refractivity contribution in [2.75, 3.05) is 18.2 Å². The number of hydrogen-bond acceptors (Lipinski definition) is 4. The molecule has 6 heteroatoms. The second-order valence-corrected chi connectivity index (χ2v) is 4.86. The predicted molar refractivity (Wildman–Crippen MR) is 76.3 cm³/mol. The van der Waals surface area contributed by atoms with Gasteiger partial charge in [-0.15, -0.1) is 0 Å². The van der Waals surface area contributed by atoms with Crippen molar-refractivity contribution in [3.63, 3.8) is 0 Å². The summed E-state index contributed by atoms with van der Waals surface area (Å²) in [6, 6.07) is 5.68. The van der Waals surface area contributed by atoms with E-state index < -0.39 is 0 Å². The Hall–Kier alpha value is -1.69. The lowest BCUT2D eigenvalue weighted by Crippen LogP contribution is -1.98. The highest BCUT2D eigenvalue weighted by Crippen LogP contribution is 2.30. The van der Waals surface area contributed by atoms with Gasteiger partial charge in [-0.1, -0.05) is 0 Å². The number of rotatable bonds is 3. The number of aromatic nitrogens is 2. The van der Waals surface area contributed by atoms with E-state index in [0.29, 0.717) is 5.88 Å². The Kier molecular flexibility index (Phi) is 3.47. The van der Waals surface area contributed by atoms with Crippen LogP contribution in [-0.4, -0.2) is 16.9 Å². The average Bonchev–Trinajstić information content (AvgIpc) is 2.66. The van der Waals surface area contributed by atoms with E-state index in [-0.39, 0.29) is 0 Å². The Morgan fingerprint density at radius 3 is 2.72 bits per heavy atom. The Balaban J connectivity index is 2.30. The first-order valence-corrected chi connectivity index (χ1v) is 6.21. The minimum absolute atomic E-state index is 0.695. The molecule has 0 saturated heterocycles. The number of nitrogens with two attached hydrogens (primary N) is 1. The van der Waals surface area contributed by atoms with Crippen LogP contribution in [0.5, 0.6) is 5.88 Å². The number of halogens is 1. The molecule has 0 unspecified atom stereocenters. The molecule has 1 heterocycles. The largest absolute Gasteiger partial charge is 0.481 e. The highest BCUT2D eigenvalue weighted by atomic mass is 79.9. The van der Waals surface area contributed by atoms with Gasteiger partial charge in [-0.25, -0.2) is 4.68 Å². The molecule has 0 radical (unpaired) electrons. The summed E-state index contributed by atoms with van der Waals surface area (Å²) in [4.78, 5) is 0. The molecule has 0 aliphatic carbocycles. The van der Waals surface area contributed by atoms with Crippen LogP contribution in [0.2, 0.25) is 0 Å². The van der Waals surface area contributed by atoms with E-state index in [1.54, 1.807) is 11.8 Å². The van der Waals surface area contributed by atoms with Crippen molar-refractivity contribution in [2.45, 2.75) is 6.92 Å². The second-order valence-electron chi connectivity index (χ2n) is 4.01. The molecule has 0 aliphatic heterocycles. The molecule has 2 aromatic rings. The quantitative estimate of drug-likeness (QED) is 0.856. The maximum absolute atomic E-state index is 5.84. The van der Waals surface area contributed by atoms with Gasteiger partial charge in [0.1, 0.15) is 0 Å². The van der Waals surface area contributed by atoms with Gasteiger partial charge in [0.2, 0.25) is 5.88 Å². The van der Waals surface area contributed by atoms with E-state index in [1.165, 1.54) is 0 Å². The Bertz CT molecular complexity index is 580. The maximum atomic E-state index is 5.84. The van der Waals surface area contributed by atoms with E-state index in [1.807, 2.05) is 32.2 Å². The van der Waals surface area contributed by atoms with Crippen molar-refractivity contribution in [3.05, 3.63) is 28.2 Å². The van der Waals surface area contributed by atoms with Gasteiger partial charge in [-0.2, -0.15) is 5.10 Å². The van der Waals surface area contributed by atoms with Gasteiger partial charge in [-0.05, 0) is 40.5 Å². The summed E-state index contributed by atoms with van der Waals surface area (Å²) in [7, 11) is 3.44. The van der Waals surface area contributed by atoms with Crippen LogP contribution in [0.1, 0.15) is 5.56 Å². The van der Waals surface area contributed by atoms with Gasteiger partial charge >= 0.3 is 0 Å². The Labute approximate surface area is 114 Å². The Morgan fingerprint density at radius 1 is 1.39 bits per heavy atom. The van der Waals surface area contributed by atoms with Crippen molar-refractivity contribution in [1.82, 2.24) is 9.78 Å². The molecule has 0 amide bonds. The van der Waals surface area contributed by atoms with Gasteiger partial charge in [0.15, 0.2) is 5.82 Å². The molecule has 0 bridgehead atoms. The number of anilines is 3. The van der Waals surface area contributed by atoms with E-state index >= 15 is 0 Å². The first-order chi connectivity index (χ1) is 8.51.